The molecule has 3 atom stereocenters. The maximum atomic E-state index is 2.44. The summed E-state index contributed by atoms with van der Waals surface area (Å²) in [6, 6.07) is 0. The molecule has 0 nitrogen and oxygen atoms in total. The highest BCUT2D eigenvalue weighted by Gasteiger charge is 2.41. The SMILES string of the molecule is C1=S=C2CC3CCCCC3C2C1. The Hall–Kier alpha value is -0.0400. The topological polar surface area (TPSA) is 0 Å². The third-order valence-corrected chi connectivity index (χ3v) is 5.08. The zero-order chi connectivity index (χ0) is 7.97. The van der Waals surface area contributed by atoms with Gasteiger partial charge in [-0.05, 0) is 53.7 Å². The molecule has 0 amide bonds. The second-order valence-corrected chi connectivity index (χ2v) is 5.60. The second-order valence-electron chi connectivity index (χ2n) is 4.51. The Morgan fingerprint density at radius 1 is 1.25 bits per heavy atom. The van der Waals surface area contributed by atoms with E-state index in [1.807, 2.05) is 4.86 Å². The quantitative estimate of drug-likeness (QED) is 0.503. The van der Waals surface area contributed by atoms with Crippen molar-refractivity contribution in [2.45, 2.75) is 38.5 Å². The molecule has 0 radical (unpaired) electrons. The molecule has 1 aliphatic heterocycles. The Balaban J connectivity index is 1.89. The molecule has 2 saturated carbocycles. The second kappa shape index (κ2) is 2.73. The molecule has 2 aliphatic carbocycles. The van der Waals surface area contributed by atoms with Crippen LogP contribution in [0.1, 0.15) is 38.5 Å². The van der Waals surface area contributed by atoms with Gasteiger partial charge in [-0.2, -0.15) is 10.9 Å². The van der Waals surface area contributed by atoms with Gasteiger partial charge in [0.05, 0.1) is 0 Å². The normalized spacial score (nSPS) is 44.7. The summed E-state index contributed by atoms with van der Waals surface area (Å²) in [5.41, 5.74) is 0. The van der Waals surface area contributed by atoms with Crippen molar-refractivity contribution in [2.75, 3.05) is 0 Å². The van der Waals surface area contributed by atoms with Gasteiger partial charge in [-0.25, -0.2) is 0 Å². The van der Waals surface area contributed by atoms with Crippen LogP contribution in [0.3, 0.4) is 0 Å². The first kappa shape index (κ1) is 7.37. The van der Waals surface area contributed by atoms with Gasteiger partial charge in [-0.1, -0.05) is 12.8 Å². The van der Waals surface area contributed by atoms with Crippen molar-refractivity contribution in [1.29, 1.82) is 0 Å². The first-order chi connectivity index (χ1) is 5.95. The van der Waals surface area contributed by atoms with Crippen LogP contribution in [0.2, 0.25) is 0 Å². The van der Waals surface area contributed by atoms with Crippen LogP contribution in [0.4, 0.5) is 0 Å². The van der Waals surface area contributed by atoms with Crippen LogP contribution < -0.4 is 0 Å². The molecule has 66 valence electrons. The molecule has 0 aromatic heterocycles. The van der Waals surface area contributed by atoms with Crippen LogP contribution in [0.15, 0.2) is 0 Å². The summed E-state index contributed by atoms with van der Waals surface area (Å²) in [6.07, 6.45) is 8.95. The van der Waals surface area contributed by atoms with E-state index < -0.39 is 0 Å². The zero-order valence-corrected chi connectivity index (χ0v) is 8.28. The van der Waals surface area contributed by atoms with Crippen LogP contribution in [-0.4, -0.2) is 10.2 Å². The molecule has 1 heteroatoms. The number of fused-ring (bicyclic) bond motifs is 3. The first-order valence-electron chi connectivity index (χ1n) is 5.29. The highest BCUT2D eigenvalue weighted by atomic mass is 32.1. The molecule has 3 rings (SSSR count). The van der Waals surface area contributed by atoms with Gasteiger partial charge in [0.15, 0.2) is 0 Å². The van der Waals surface area contributed by atoms with Crippen molar-refractivity contribution >= 4 is 21.2 Å². The number of hydrogen-bond acceptors (Lipinski definition) is 0. The van der Waals surface area contributed by atoms with Crippen molar-refractivity contribution in [1.82, 2.24) is 0 Å². The largest absolute Gasteiger partial charge is 0.157 e. The van der Waals surface area contributed by atoms with Gasteiger partial charge in [0.25, 0.3) is 0 Å². The summed E-state index contributed by atoms with van der Waals surface area (Å²) in [5, 5.41) is 2.44. The predicted octanol–water partition coefficient (Wildman–Crippen LogP) is 2.92. The summed E-state index contributed by atoms with van der Waals surface area (Å²) < 4.78 is 0. The van der Waals surface area contributed by atoms with Crippen molar-refractivity contribution in [2.24, 2.45) is 17.8 Å². The lowest BCUT2D eigenvalue weighted by atomic mass is 9.77. The summed E-state index contributed by atoms with van der Waals surface area (Å²) >= 11 is 0. The minimum atomic E-state index is 1.01. The highest BCUT2D eigenvalue weighted by Crippen LogP contribution is 2.47. The smallest absolute Gasteiger partial charge is 0.00329 e. The molecular weight excluding hydrogens is 164 g/mol. The fourth-order valence-corrected chi connectivity index (χ4v) is 4.64. The van der Waals surface area contributed by atoms with Gasteiger partial charge in [-0.3, -0.25) is 0 Å². The van der Waals surface area contributed by atoms with Crippen molar-refractivity contribution < 1.29 is 0 Å². The molecule has 0 spiro atoms. The molecular formula is C11H16S. The molecule has 3 unspecified atom stereocenters. The van der Waals surface area contributed by atoms with Gasteiger partial charge in [0.1, 0.15) is 0 Å². The Morgan fingerprint density at radius 3 is 3.17 bits per heavy atom. The fourth-order valence-electron chi connectivity index (χ4n) is 3.37. The van der Waals surface area contributed by atoms with E-state index in [1.54, 1.807) is 0 Å². The standard InChI is InChI=1S/C11H16S/c1-2-4-9-8(3-1)7-11-10(9)5-6-12-11/h6,8-10H,1-5,7H2. The van der Waals surface area contributed by atoms with Crippen LogP contribution in [0, 0.1) is 17.8 Å². The Kier molecular flexibility index (Phi) is 1.68. The molecule has 3 aliphatic rings. The average Bonchev–Trinajstić information content (AvgIpc) is 2.62. The summed E-state index contributed by atoms with van der Waals surface area (Å²) in [4.78, 5) is 1.84. The molecule has 0 bridgehead atoms. The Labute approximate surface area is 77.9 Å². The monoisotopic (exact) mass is 180 g/mol. The fraction of sp³-hybridized carbons (Fsp3) is 0.818. The number of rotatable bonds is 0. The van der Waals surface area contributed by atoms with E-state index in [4.69, 9.17) is 0 Å². The highest BCUT2D eigenvalue weighted by molar-refractivity contribution is 7.97. The summed E-state index contributed by atoms with van der Waals surface area (Å²) in [7, 11) is 2.07. The van der Waals surface area contributed by atoms with Crippen LogP contribution >= 0.6 is 10.9 Å². The van der Waals surface area contributed by atoms with Gasteiger partial charge in [-0.15, -0.1) is 0 Å². The zero-order valence-electron chi connectivity index (χ0n) is 7.46. The lowest BCUT2D eigenvalue weighted by molar-refractivity contribution is 0.238. The maximum absolute atomic E-state index is 2.44. The van der Waals surface area contributed by atoms with Crippen molar-refractivity contribution in [3.63, 3.8) is 0 Å². The lowest BCUT2D eigenvalue weighted by Gasteiger charge is -2.27. The van der Waals surface area contributed by atoms with Gasteiger partial charge >= 0.3 is 0 Å². The van der Waals surface area contributed by atoms with E-state index in [0.717, 1.165) is 17.8 Å². The molecule has 2 fully saturated rings. The maximum Gasteiger partial charge on any atom is -0.00329 e. The summed E-state index contributed by atoms with van der Waals surface area (Å²) in [6.45, 7) is 0. The van der Waals surface area contributed by atoms with E-state index >= 15 is 0 Å². The predicted molar refractivity (Wildman–Crippen MR) is 56.8 cm³/mol. The lowest BCUT2D eigenvalue weighted by Crippen LogP contribution is -2.19. The first-order valence-corrected chi connectivity index (χ1v) is 6.17. The molecule has 1 heterocycles. The van der Waals surface area contributed by atoms with Crippen LogP contribution in [-0.2, 0) is 0 Å². The third kappa shape index (κ3) is 0.953. The van der Waals surface area contributed by atoms with E-state index in [9.17, 15) is 0 Å². The minimum absolute atomic E-state index is 1.01. The number of hydrogen-bond donors (Lipinski definition) is 0. The van der Waals surface area contributed by atoms with E-state index in [2.05, 4.69) is 16.3 Å². The minimum Gasteiger partial charge on any atom is -0.157 e. The van der Waals surface area contributed by atoms with Crippen LogP contribution in [0.5, 0.6) is 0 Å². The molecule has 12 heavy (non-hydrogen) atoms. The van der Waals surface area contributed by atoms with E-state index in [-0.39, 0.29) is 0 Å². The summed E-state index contributed by atoms with van der Waals surface area (Å²) in [5.74, 6) is 3.21. The van der Waals surface area contributed by atoms with Gasteiger partial charge in [0, 0.05) is 0 Å². The third-order valence-electron chi connectivity index (χ3n) is 3.95. The average molecular weight is 180 g/mol. The Bertz CT molecular complexity index is 260. The van der Waals surface area contributed by atoms with Crippen molar-refractivity contribution in [3.8, 4) is 0 Å². The van der Waals surface area contributed by atoms with E-state index in [0.29, 0.717) is 0 Å². The van der Waals surface area contributed by atoms with Gasteiger partial charge < -0.3 is 0 Å². The molecule has 0 aromatic carbocycles. The molecule has 0 saturated heterocycles. The van der Waals surface area contributed by atoms with E-state index in [1.165, 1.54) is 38.5 Å². The van der Waals surface area contributed by atoms with Crippen LogP contribution in [0.25, 0.3) is 0 Å². The van der Waals surface area contributed by atoms with Gasteiger partial charge in [0.2, 0.25) is 0 Å². The van der Waals surface area contributed by atoms with Crippen molar-refractivity contribution in [3.05, 3.63) is 0 Å². The molecule has 0 aromatic rings. The Morgan fingerprint density at radius 2 is 2.17 bits per heavy atom. The molecule has 0 N–H and O–H groups in total.